The Kier molecular flexibility index (Phi) is 3.85. The SMILES string of the molecule is O[C@@H]1CCC[C@H]1n1cc(-c2csc(-c3c(F)cccc3F)n2)nn1. The molecular weight excluding hydrogens is 334 g/mol. The van der Waals surface area contributed by atoms with Gasteiger partial charge < -0.3 is 5.11 Å². The normalized spacial score (nSPS) is 20.6. The quantitative estimate of drug-likeness (QED) is 0.788. The summed E-state index contributed by atoms with van der Waals surface area (Å²) in [7, 11) is 0. The second kappa shape index (κ2) is 6.03. The Hall–Kier alpha value is -2.19. The molecular formula is C16H14F2N4OS. The summed E-state index contributed by atoms with van der Waals surface area (Å²) in [5.74, 6) is -1.29. The van der Waals surface area contributed by atoms with E-state index in [9.17, 15) is 13.9 Å². The Balaban J connectivity index is 1.65. The zero-order valence-electron chi connectivity index (χ0n) is 12.6. The van der Waals surface area contributed by atoms with Crippen molar-refractivity contribution in [2.75, 3.05) is 0 Å². The van der Waals surface area contributed by atoms with Crippen LogP contribution in [0.15, 0.2) is 29.8 Å². The lowest BCUT2D eigenvalue weighted by Crippen LogP contribution is -2.18. The number of aliphatic hydroxyl groups is 1. The Morgan fingerprint density at radius 2 is 1.96 bits per heavy atom. The number of nitrogens with zero attached hydrogens (tertiary/aromatic N) is 4. The monoisotopic (exact) mass is 348 g/mol. The van der Waals surface area contributed by atoms with Crippen LogP contribution in [0.2, 0.25) is 0 Å². The smallest absolute Gasteiger partial charge is 0.136 e. The number of rotatable bonds is 3. The first-order chi connectivity index (χ1) is 11.6. The summed E-state index contributed by atoms with van der Waals surface area (Å²) in [5, 5.41) is 20.0. The van der Waals surface area contributed by atoms with Crippen LogP contribution in [0.1, 0.15) is 25.3 Å². The molecule has 4 rings (SSSR count). The zero-order valence-corrected chi connectivity index (χ0v) is 13.4. The summed E-state index contributed by atoms with van der Waals surface area (Å²) >= 11 is 1.15. The number of halogens is 2. The third kappa shape index (κ3) is 2.61. The van der Waals surface area contributed by atoms with Crippen molar-refractivity contribution in [1.29, 1.82) is 0 Å². The summed E-state index contributed by atoms with van der Waals surface area (Å²) in [5.41, 5.74) is 0.900. The lowest BCUT2D eigenvalue weighted by Gasteiger charge is -2.13. The van der Waals surface area contributed by atoms with Crippen molar-refractivity contribution in [2.45, 2.75) is 31.4 Å². The molecule has 0 bridgehead atoms. The van der Waals surface area contributed by atoms with Crippen LogP contribution in [0.3, 0.4) is 0 Å². The lowest BCUT2D eigenvalue weighted by molar-refractivity contribution is 0.129. The van der Waals surface area contributed by atoms with Gasteiger partial charge in [-0.05, 0) is 31.4 Å². The van der Waals surface area contributed by atoms with Crippen molar-refractivity contribution < 1.29 is 13.9 Å². The van der Waals surface area contributed by atoms with E-state index < -0.39 is 17.7 Å². The summed E-state index contributed by atoms with van der Waals surface area (Å²) in [4.78, 5) is 4.29. The third-order valence-electron chi connectivity index (χ3n) is 4.24. The topological polar surface area (TPSA) is 63.8 Å². The molecule has 2 atom stereocenters. The molecule has 2 aromatic heterocycles. The second-order valence-corrected chi connectivity index (χ2v) is 6.64. The van der Waals surface area contributed by atoms with Crippen LogP contribution in [-0.4, -0.2) is 31.2 Å². The van der Waals surface area contributed by atoms with Gasteiger partial charge in [-0.1, -0.05) is 11.3 Å². The van der Waals surface area contributed by atoms with E-state index in [1.165, 1.54) is 18.2 Å². The average molecular weight is 348 g/mol. The Morgan fingerprint density at radius 1 is 1.17 bits per heavy atom. The van der Waals surface area contributed by atoms with Crippen LogP contribution in [0.4, 0.5) is 8.78 Å². The van der Waals surface area contributed by atoms with E-state index in [4.69, 9.17) is 0 Å². The molecule has 5 nitrogen and oxygen atoms in total. The molecule has 124 valence electrons. The van der Waals surface area contributed by atoms with Crippen LogP contribution in [0.25, 0.3) is 22.0 Å². The summed E-state index contributed by atoms with van der Waals surface area (Å²) < 4.78 is 29.4. The minimum Gasteiger partial charge on any atom is -0.391 e. The molecule has 2 heterocycles. The van der Waals surface area contributed by atoms with Gasteiger partial charge in [0.1, 0.15) is 28.0 Å². The predicted octanol–water partition coefficient (Wildman–Crippen LogP) is 3.43. The number of hydrogen-bond acceptors (Lipinski definition) is 5. The molecule has 3 aromatic rings. The highest BCUT2D eigenvalue weighted by molar-refractivity contribution is 7.13. The highest BCUT2D eigenvalue weighted by Crippen LogP contribution is 2.33. The van der Waals surface area contributed by atoms with Gasteiger partial charge in [-0.25, -0.2) is 18.4 Å². The molecule has 0 spiro atoms. The van der Waals surface area contributed by atoms with E-state index in [-0.39, 0.29) is 16.6 Å². The van der Waals surface area contributed by atoms with Crippen molar-refractivity contribution in [1.82, 2.24) is 20.0 Å². The van der Waals surface area contributed by atoms with E-state index in [1.54, 1.807) is 16.3 Å². The molecule has 0 unspecified atom stereocenters. The molecule has 1 N–H and O–H groups in total. The highest BCUT2D eigenvalue weighted by Gasteiger charge is 2.28. The molecule has 1 aliphatic carbocycles. The average Bonchev–Trinajstić information content (AvgIpc) is 3.26. The minimum atomic E-state index is -0.645. The van der Waals surface area contributed by atoms with Gasteiger partial charge in [-0.2, -0.15) is 0 Å². The summed E-state index contributed by atoms with van der Waals surface area (Å²) in [6.07, 6.45) is 3.86. The van der Waals surface area contributed by atoms with Crippen molar-refractivity contribution in [2.24, 2.45) is 0 Å². The maximum absolute atomic E-state index is 13.9. The molecule has 0 radical (unpaired) electrons. The fourth-order valence-electron chi connectivity index (χ4n) is 2.99. The van der Waals surface area contributed by atoms with Gasteiger partial charge in [0, 0.05) is 5.38 Å². The molecule has 1 saturated carbocycles. The van der Waals surface area contributed by atoms with Crippen LogP contribution >= 0.6 is 11.3 Å². The van der Waals surface area contributed by atoms with Gasteiger partial charge in [0.15, 0.2) is 0 Å². The van der Waals surface area contributed by atoms with E-state index >= 15 is 0 Å². The van der Waals surface area contributed by atoms with Gasteiger partial charge in [0.25, 0.3) is 0 Å². The van der Waals surface area contributed by atoms with Gasteiger partial charge in [-0.15, -0.1) is 16.4 Å². The van der Waals surface area contributed by atoms with Crippen molar-refractivity contribution in [3.05, 3.63) is 41.4 Å². The van der Waals surface area contributed by atoms with Gasteiger partial charge >= 0.3 is 0 Å². The minimum absolute atomic E-state index is 0.0756. The highest BCUT2D eigenvalue weighted by atomic mass is 32.1. The van der Waals surface area contributed by atoms with Gasteiger partial charge in [-0.3, -0.25) is 0 Å². The van der Waals surface area contributed by atoms with Crippen LogP contribution < -0.4 is 0 Å². The first-order valence-corrected chi connectivity index (χ1v) is 8.51. The first-order valence-electron chi connectivity index (χ1n) is 7.63. The van der Waals surface area contributed by atoms with Crippen molar-refractivity contribution in [3.8, 4) is 22.0 Å². The van der Waals surface area contributed by atoms with Crippen molar-refractivity contribution >= 4 is 11.3 Å². The Labute approximate surface area is 140 Å². The largest absolute Gasteiger partial charge is 0.391 e. The molecule has 8 heteroatoms. The Morgan fingerprint density at radius 3 is 2.67 bits per heavy atom. The maximum Gasteiger partial charge on any atom is 0.136 e. The number of thiazole rings is 1. The molecule has 0 saturated heterocycles. The molecule has 1 fully saturated rings. The number of benzene rings is 1. The fraction of sp³-hybridized carbons (Fsp3) is 0.312. The number of aliphatic hydroxyl groups excluding tert-OH is 1. The molecule has 1 aliphatic rings. The molecule has 0 amide bonds. The van der Waals surface area contributed by atoms with Gasteiger partial charge in [0.2, 0.25) is 0 Å². The summed E-state index contributed by atoms with van der Waals surface area (Å²) in [6, 6.07) is 3.66. The van der Waals surface area contributed by atoms with Crippen molar-refractivity contribution in [3.63, 3.8) is 0 Å². The Bertz CT molecular complexity index is 858. The molecule has 0 aliphatic heterocycles. The fourth-order valence-corrected chi connectivity index (χ4v) is 3.85. The number of hydrogen-bond donors (Lipinski definition) is 1. The third-order valence-corrected chi connectivity index (χ3v) is 5.10. The standard InChI is InChI=1S/C16H14F2N4OS/c17-9-3-1-4-10(18)15(9)16-19-12(8-24-16)11-7-22(21-20-11)13-5-2-6-14(13)23/h1,3-4,7-8,13-14,23H,2,5-6H2/t13-,14-/m1/s1. The van der Waals surface area contributed by atoms with E-state index in [2.05, 4.69) is 15.3 Å². The first kappa shape index (κ1) is 15.3. The zero-order chi connectivity index (χ0) is 16.7. The van der Waals surface area contributed by atoms with Crippen LogP contribution in [0.5, 0.6) is 0 Å². The van der Waals surface area contributed by atoms with E-state index in [0.29, 0.717) is 11.4 Å². The van der Waals surface area contributed by atoms with Crippen LogP contribution in [0, 0.1) is 11.6 Å². The van der Waals surface area contributed by atoms with E-state index in [0.717, 1.165) is 30.6 Å². The lowest BCUT2D eigenvalue weighted by atomic mass is 10.2. The molecule has 1 aromatic carbocycles. The second-order valence-electron chi connectivity index (χ2n) is 5.78. The number of aromatic nitrogens is 4. The predicted molar refractivity (Wildman–Crippen MR) is 85.4 cm³/mol. The van der Waals surface area contributed by atoms with Crippen LogP contribution in [-0.2, 0) is 0 Å². The van der Waals surface area contributed by atoms with Gasteiger partial charge in [0.05, 0.1) is 23.9 Å². The molecule has 24 heavy (non-hydrogen) atoms. The summed E-state index contributed by atoms with van der Waals surface area (Å²) in [6.45, 7) is 0. The van der Waals surface area contributed by atoms with E-state index in [1.807, 2.05) is 0 Å². The maximum atomic E-state index is 13.9.